The Morgan fingerprint density at radius 2 is 1.25 bits per heavy atom. The number of piperazine rings is 1. The number of rotatable bonds is 5. The van der Waals surface area contributed by atoms with Gasteiger partial charge in [0.25, 0.3) is 0 Å². The van der Waals surface area contributed by atoms with E-state index >= 15 is 0 Å². The molecule has 1 atom stereocenters. The summed E-state index contributed by atoms with van der Waals surface area (Å²) in [5.41, 5.74) is 0.690. The van der Waals surface area contributed by atoms with Crippen LogP contribution in [0, 0.1) is 17.3 Å². The van der Waals surface area contributed by atoms with Gasteiger partial charge in [0, 0.05) is 45.3 Å². The van der Waals surface area contributed by atoms with Gasteiger partial charge >= 0.3 is 0 Å². The van der Waals surface area contributed by atoms with Crippen molar-refractivity contribution in [2.75, 3.05) is 52.4 Å². The zero-order chi connectivity index (χ0) is 20.4. The third-order valence-corrected chi connectivity index (χ3v) is 8.76. The van der Waals surface area contributed by atoms with Crippen LogP contribution in [-0.2, 0) is 0 Å². The molecule has 0 aromatic heterocycles. The van der Waals surface area contributed by atoms with Gasteiger partial charge in [-0.25, -0.2) is 0 Å². The molecule has 28 heavy (non-hydrogen) atoms. The number of likely N-dealkylation sites (tertiary alicyclic amines) is 2. The molecule has 0 aliphatic carbocycles. The van der Waals surface area contributed by atoms with Gasteiger partial charge in [-0.3, -0.25) is 9.80 Å². The zero-order valence-electron chi connectivity index (χ0n) is 19.8. The van der Waals surface area contributed by atoms with Crippen LogP contribution in [-0.4, -0.2) is 78.8 Å². The van der Waals surface area contributed by atoms with E-state index in [1.165, 1.54) is 71.4 Å². The summed E-state index contributed by atoms with van der Waals surface area (Å²) >= 11 is 0. The molecule has 0 spiro atoms. The predicted molar refractivity (Wildman–Crippen MR) is 121 cm³/mol. The minimum absolute atomic E-state index is 0.206. The van der Waals surface area contributed by atoms with E-state index in [9.17, 15) is 0 Å². The maximum absolute atomic E-state index is 3.50. The molecule has 1 unspecified atom stereocenters. The van der Waals surface area contributed by atoms with Crippen LogP contribution in [0.15, 0.2) is 0 Å². The van der Waals surface area contributed by atoms with Gasteiger partial charge in [-0.2, -0.15) is 0 Å². The molecule has 3 saturated heterocycles. The van der Waals surface area contributed by atoms with Crippen molar-refractivity contribution in [3.8, 4) is 0 Å². The van der Waals surface area contributed by atoms with Crippen molar-refractivity contribution in [3.63, 3.8) is 0 Å². The third-order valence-electron chi connectivity index (χ3n) is 8.76. The van der Waals surface area contributed by atoms with Crippen LogP contribution < -0.4 is 5.32 Å². The van der Waals surface area contributed by atoms with Crippen molar-refractivity contribution in [1.29, 1.82) is 0 Å². The first kappa shape index (κ1) is 22.5. The van der Waals surface area contributed by atoms with E-state index in [2.05, 4.69) is 61.6 Å². The van der Waals surface area contributed by atoms with Crippen LogP contribution >= 0.6 is 0 Å². The lowest BCUT2D eigenvalue weighted by Crippen LogP contribution is -2.63. The van der Waals surface area contributed by atoms with Crippen molar-refractivity contribution in [1.82, 2.24) is 20.0 Å². The van der Waals surface area contributed by atoms with Crippen LogP contribution in [0.25, 0.3) is 0 Å². The highest BCUT2D eigenvalue weighted by atomic mass is 15.4. The molecule has 0 saturated carbocycles. The van der Waals surface area contributed by atoms with E-state index in [1.54, 1.807) is 0 Å². The number of nitrogens with zero attached hydrogens (tertiary/aromatic N) is 3. The first-order chi connectivity index (χ1) is 13.2. The molecule has 3 aliphatic heterocycles. The van der Waals surface area contributed by atoms with Crippen LogP contribution in [0.1, 0.15) is 73.6 Å². The van der Waals surface area contributed by atoms with Crippen molar-refractivity contribution >= 4 is 0 Å². The average molecular weight is 393 g/mol. The van der Waals surface area contributed by atoms with Crippen molar-refractivity contribution < 1.29 is 0 Å². The Morgan fingerprint density at radius 1 is 0.714 bits per heavy atom. The topological polar surface area (TPSA) is 21.8 Å². The molecule has 3 aliphatic rings. The van der Waals surface area contributed by atoms with Gasteiger partial charge in [0.2, 0.25) is 0 Å². The summed E-state index contributed by atoms with van der Waals surface area (Å²) in [6, 6.07) is 0.706. The molecule has 164 valence electrons. The molecule has 0 aromatic rings. The number of hydrogen-bond acceptors (Lipinski definition) is 4. The summed E-state index contributed by atoms with van der Waals surface area (Å²) in [6.07, 6.45) is 6.99. The Balaban J connectivity index is 1.55. The van der Waals surface area contributed by atoms with Crippen molar-refractivity contribution in [3.05, 3.63) is 0 Å². The molecule has 4 nitrogen and oxygen atoms in total. The highest BCUT2D eigenvalue weighted by Crippen LogP contribution is 2.46. The fourth-order valence-corrected chi connectivity index (χ4v) is 6.30. The van der Waals surface area contributed by atoms with Crippen molar-refractivity contribution in [2.24, 2.45) is 17.3 Å². The van der Waals surface area contributed by atoms with E-state index in [-0.39, 0.29) is 5.66 Å². The second-order valence-corrected chi connectivity index (χ2v) is 11.1. The SMILES string of the molecule is CC(C)N1CCCC(C(C)(C)C2CCN(C(C)(C)N3CCNCC3)CC2)CC1. The highest BCUT2D eigenvalue weighted by Gasteiger charge is 2.42. The molecule has 3 rings (SSSR count). The maximum atomic E-state index is 3.50. The summed E-state index contributed by atoms with van der Waals surface area (Å²) in [5, 5.41) is 3.50. The van der Waals surface area contributed by atoms with Crippen LogP contribution in [0.2, 0.25) is 0 Å². The van der Waals surface area contributed by atoms with Gasteiger partial charge in [-0.05, 0) is 90.1 Å². The summed E-state index contributed by atoms with van der Waals surface area (Å²) in [7, 11) is 0. The molecule has 0 aromatic carbocycles. The maximum Gasteiger partial charge on any atom is 0.0680 e. The monoisotopic (exact) mass is 392 g/mol. The van der Waals surface area contributed by atoms with Crippen LogP contribution in [0.4, 0.5) is 0 Å². The normalized spacial score (nSPS) is 28.6. The lowest BCUT2D eigenvalue weighted by Gasteiger charge is -2.52. The molecular formula is C24H48N4. The fraction of sp³-hybridized carbons (Fsp3) is 1.00. The summed E-state index contributed by atoms with van der Waals surface area (Å²) in [5.74, 6) is 1.78. The summed E-state index contributed by atoms with van der Waals surface area (Å²) in [4.78, 5) is 8.17. The minimum atomic E-state index is 0.206. The van der Waals surface area contributed by atoms with Gasteiger partial charge in [-0.15, -0.1) is 0 Å². The Hall–Kier alpha value is -0.160. The van der Waals surface area contributed by atoms with Crippen LogP contribution in [0.5, 0.6) is 0 Å². The van der Waals surface area contributed by atoms with Gasteiger partial charge in [0.15, 0.2) is 0 Å². The van der Waals surface area contributed by atoms with Gasteiger partial charge in [0.05, 0.1) is 5.66 Å². The standard InChI is InChI=1S/C24H48N4/c1-20(2)26-14-7-8-21(9-15-26)23(3,4)22-10-16-27(17-11-22)24(5,6)28-18-12-25-13-19-28/h20-22,25H,7-19H2,1-6H3. The predicted octanol–water partition coefficient (Wildman–Crippen LogP) is 3.88. The van der Waals surface area contributed by atoms with Crippen molar-refractivity contribution in [2.45, 2.75) is 85.4 Å². The average Bonchev–Trinajstić information content (AvgIpc) is 2.96. The smallest absolute Gasteiger partial charge is 0.0680 e. The van der Waals surface area contributed by atoms with E-state index in [4.69, 9.17) is 0 Å². The lowest BCUT2D eigenvalue weighted by atomic mass is 9.64. The highest BCUT2D eigenvalue weighted by molar-refractivity contribution is 4.93. The molecule has 0 amide bonds. The van der Waals surface area contributed by atoms with E-state index in [0.717, 1.165) is 24.9 Å². The van der Waals surface area contributed by atoms with E-state index < -0.39 is 0 Å². The molecule has 3 fully saturated rings. The third kappa shape index (κ3) is 4.94. The van der Waals surface area contributed by atoms with Gasteiger partial charge in [-0.1, -0.05) is 13.8 Å². The fourth-order valence-electron chi connectivity index (χ4n) is 6.30. The summed E-state index contributed by atoms with van der Waals surface area (Å²) in [6.45, 7) is 24.7. The molecule has 0 bridgehead atoms. The lowest BCUT2D eigenvalue weighted by molar-refractivity contribution is -0.0690. The van der Waals surface area contributed by atoms with Crippen LogP contribution in [0.3, 0.4) is 0 Å². The Kier molecular flexibility index (Phi) is 7.50. The number of piperidine rings is 1. The minimum Gasteiger partial charge on any atom is -0.314 e. The van der Waals surface area contributed by atoms with E-state index in [1.807, 2.05) is 0 Å². The van der Waals surface area contributed by atoms with Gasteiger partial charge in [0.1, 0.15) is 0 Å². The zero-order valence-corrected chi connectivity index (χ0v) is 19.8. The number of nitrogens with one attached hydrogen (secondary N) is 1. The molecule has 4 heteroatoms. The largest absolute Gasteiger partial charge is 0.314 e. The summed E-state index contributed by atoms with van der Waals surface area (Å²) < 4.78 is 0. The Labute approximate surface area is 175 Å². The first-order valence-electron chi connectivity index (χ1n) is 12.2. The quantitative estimate of drug-likeness (QED) is 0.766. The Bertz CT molecular complexity index is 473. The number of hydrogen-bond donors (Lipinski definition) is 1. The van der Waals surface area contributed by atoms with E-state index in [0.29, 0.717) is 11.5 Å². The second kappa shape index (κ2) is 9.32. The Morgan fingerprint density at radius 3 is 1.86 bits per heavy atom. The molecule has 3 heterocycles. The second-order valence-electron chi connectivity index (χ2n) is 11.1. The molecular weight excluding hydrogens is 344 g/mol. The molecule has 0 radical (unpaired) electrons. The molecule has 1 N–H and O–H groups in total. The van der Waals surface area contributed by atoms with Gasteiger partial charge < -0.3 is 10.2 Å². The first-order valence-corrected chi connectivity index (χ1v) is 12.2.